The van der Waals surface area contributed by atoms with E-state index in [1.807, 2.05) is 6.92 Å². The normalized spacial score (nSPS) is 16.6. The van der Waals surface area contributed by atoms with Crippen LogP contribution in [0.1, 0.15) is 48.0 Å². The maximum atomic E-state index is 11.7. The lowest BCUT2D eigenvalue weighted by Gasteiger charge is -2.41. The number of hydrogen-bond acceptors (Lipinski definition) is 3. The van der Waals surface area contributed by atoms with E-state index in [9.17, 15) is 4.79 Å². The molecule has 126 valence electrons. The predicted octanol–water partition coefficient (Wildman–Crippen LogP) is 2.77. The minimum absolute atomic E-state index is 0.0327. The second-order valence-electron chi connectivity index (χ2n) is 7.66. The summed E-state index contributed by atoms with van der Waals surface area (Å²) in [5.41, 5.74) is 0.265. The van der Waals surface area contributed by atoms with Crippen molar-refractivity contribution in [2.45, 2.75) is 54.1 Å². The van der Waals surface area contributed by atoms with Crippen LogP contribution in [0.25, 0.3) is 0 Å². The Hall–Kier alpha value is -0.610. The van der Waals surface area contributed by atoms with Crippen molar-refractivity contribution in [3.8, 4) is 0 Å². The fourth-order valence-electron chi connectivity index (χ4n) is 2.82. The molecule has 0 fully saturated rings. The molecule has 4 heteroatoms. The van der Waals surface area contributed by atoms with Gasteiger partial charge in [-0.15, -0.1) is 0 Å². The average molecular weight is 301 g/mol. The molecule has 0 spiro atoms. The van der Waals surface area contributed by atoms with Crippen LogP contribution in [0.3, 0.4) is 0 Å². The first-order chi connectivity index (χ1) is 9.55. The molecule has 0 rings (SSSR count). The zero-order valence-electron chi connectivity index (χ0n) is 15.5. The Labute approximate surface area is 132 Å². The maximum absolute atomic E-state index is 11.7. The largest absolute Gasteiger partial charge is 0.455 e. The molecule has 0 amide bonds. The fourth-order valence-corrected chi connectivity index (χ4v) is 2.82. The Bertz CT molecular complexity index is 312. The predicted molar refractivity (Wildman–Crippen MR) is 89.3 cm³/mol. The van der Waals surface area contributed by atoms with Crippen molar-refractivity contribution in [3.05, 3.63) is 0 Å². The summed E-state index contributed by atoms with van der Waals surface area (Å²) < 4.78 is 6.62. The van der Waals surface area contributed by atoms with Gasteiger partial charge in [-0.1, -0.05) is 34.6 Å². The highest BCUT2D eigenvalue weighted by Gasteiger charge is 2.32. The molecule has 2 unspecified atom stereocenters. The van der Waals surface area contributed by atoms with Gasteiger partial charge < -0.3 is 14.1 Å². The van der Waals surface area contributed by atoms with Gasteiger partial charge in [0.15, 0.2) is 6.10 Å². The number of quaternary nitrogens is 1. The van der Waals surface area contributed by atoms with Gasteiger partial charge >= 0.3 is 5.97 Å². The van der Waals surface area contributed by atoms with Crippen LogP contribution in [0.5, 0.6) is 0 Å². The number of carbonyl (C=O) groups is 1. The number of likely N-dealkylation sites (N-methyl/N-ethyl adjacent to an activating group) is 2. The third kappa shape index (κ3) is 9.10. The van der Waals surface area contributed by atoms with Crippen molar-refractivity contribution in [1.29, 1.82) is 0 Å². The second-order valence-corrected chi connectivity index (χ2v) is 7.66. The van der Waals surface area contributed by atoms with Crippen LogP contribution in [0, 0.1) is 5.41 Å². The fraction of sp³-hybridized carbons (Fsp3) is 0.941. The molecular formula is C17H37N2O2+. The molecule has 0 aromatic carbocycles. The molecular weight excluding hydrogens is 264 g/mol. The van der Waals surface area contributed by atoms with Gasteiger partial charge in [-0.3, -0.25) is 4.79 Å². The molecule has 21 heavy (non-hydrogen) atoms. The monoisotopic (exact) mass is 301 g/mol. The van der Waals surface area contributed by atoms with Crippen LogP contribution in [0.15, 0.2) is 0 Å². The van der Waals surface area contributed by atoms with E-state index in [-0.39, 0.29) is 17.5 Å². The third-order valence-corrected chi connectivity index (χ3v) is 3.91. The molecule has 0 saturated carbocycles. The van der Waals surface area contributed by atoms with Crippen LogP contribution < -0.4 is 0 Å². The van der Waals surface area contributed by atoms with E-state index in [4.69, 9.17) is 4.74 Å². The summed E-state index contributed by atoms with van der Waals surface area (Å²) in [5.74, 6) is -0.0945. The Kier molecular flexibility index (Phi) is 8.49. The second kappa shape index (κ2) is 8.74. The third-order valence-electron chi connectivity index (χ3n) is 3.91. The van der Waals surface area contributed by atoms with Crippen LogP contribution in [0.2, 0.25) is 0 Å². The summed E-state index contributed by atoms with van der Waals surface area (Å²) in [6, 6.07) is 0. The first kappa shape index (κ1) is 20.4. The molecule has 0 saturated heterocycles. The lowest BCUT2D eigenvalue weighted by atomic mass is 9.94. The minimum Gasteiger partial charge on any atom is -0.455 e. The van der Waals surface area contributed by atoms with Gasteiger partial charge in [-0.2, -0.15) is 0 Å². The Morgan fingerprint density at radius 3 is 2.19 bits per heavy atom. The van der Waals surface area contributed by atoms with Crippen molar-refractivity contribution in [2.75, 3.05) is 46.8 Å². The van der Waals surface area contributed by atoms with Crippen molar-refractivity contribution < 1.29 is 14.0 Å². The summed E-state index contributed by atoms with van der Waals surface area (Å²) in [7, 11) is 4.34. The first-order valence-electron chi connectivity index (χ1n) is 8.26. The summed E-state index contributed by atoms with van der Waals surface area (Å²) in [5, 5.41) is 0. The van der Waals surface area contributed by atoms with E-state index in [1.54, 1.807) is 0 Å². The molecule has 0 aliphatic rings. The molecule has 0 heterocycles. The highest BCUT2D eigenvalue weighted by atomic mass is 16.5. The summed E-state index contributed by atoms with van der Waals surface area (Å²) in [4.78, 5) is 13.9. The smallest absolute Gasteiger partial charge is 0.306 e. The number of carbonyl (C=O) groups excluding carboxylic acids is 1. The Balaban J connectivity index is 4.92. The first-order valence-corrected chi connectivity index (χ1v) is 8.26. The van der Waals surface area contributed by atoms with Crippen molar-refractivity contribution in [2.24, 2.45) is 5.41 Å². The topological polar surface area (TPSA) is 29.5 Å². The van der Waals surface area contributed by atoms with Crippen molar-refractivity contribution in [1.82, 2.24) is 4.90 Å². The lowest BCUT2D eigenvalue weighted by Crippen LogP contribution is -2.55. The number of rotatable bonds is 9. The molecule has 0 N–H and O–H groups in total. The van der Waals surface area contributed by atoms with E-state index in [0.29, 0.717) is 6.42 Å². The van der Waals surface area contributed by atoms with Crippen molar-refractivity contribution >= 4 is 5.97 Å². The van der Waals surface area contributed by atoms with Gasteiger partial charge in [0.25, 0.3) is 0 Å². The van der Waals surface area contributed by atoms with E-state index >= 15 is 0 Å². The minimum atomic E-state index is -0.0945. The van der Waals surface area contributed by atoms with E-state index in [0.717, 1.165) is 37.2 Å². The van der Waals surface area contributed by atoms with Gasteiger partial charge in [-0.05, 0) is 20.5 Å². The van der Waals surface area contributed by atoms with E-state index in [1.165, 1.54) is 0 Å². The number of ether oxygens (including phenoxy) is 1. The zero-order chi connectivity index (χ0) is 16.7. The quantitative estimate of drug-likeness (QED) is 0.484. The van der Waals surface area contributed by atoms with Gasteiger partial charge in [-0.25, -0.2) is 0 Å². The SMILES string of the molecule is CCC(=O)OC(CN(C)CC)C[N+](C)(CC)CC(C)(C)C. The Morgan fingerprint density at radius 1 is 1.24 bits per heavy atom. The summed E-state index contributed by atoms with van der Waals surface area (Å²) in [6.45, 7) is 17.8. The molecule has 0 aromatic heterocycles. The molecule has 0 aromatic rings. The van der Waals surface area contributed by atoms with E-state index in [2.05, 4.69) is 53.6 Å². The molecule has 2 atom stereocenters. The number of esters is 1. The van der Waals surface area contributed by atoms with Gasteiger partial charge in [0.05, 0.1) is 20.1 Å². The lowest BCUT2D eigenvalue weighted by molar-refractivity contribution is -0.916. The highest BCUT2D eigenvalue weighted by Crippen LogP contribution is 2.21. The van der Waals surface area contributed by atoms with Crippen LogP contribution >= 0.6 is 0 Å². The van der Waals surface area contributed by atoms with Gasteiger partial charge in [0.1, 0.15) is 6.54 Å². The molecule has 0 aliphatic carbocycles. The van der Waals surface area contributed by atoms with Gasteiger partial charge in [0, 0.05) is 18.4 Å². The van der Waals surface area contributed by atoms with Gasteiger partial charge in [0.2, 0.25) is 0 Å². The maximum Gasteiger partial charge on any atom is 0.306 e. The van der Waals surface area contributed by atoms with Crippen LogP contribution in [-0.4, -0.2) is 68.3 Å². The average Bonchev–Trinajstić information content (AvgIpc) is 2.35. The van der Waals surface area contributed by atoms with E-state index < -0.39 is 0 Å². The highest BCUT2D eigenvalue weighted by molar-refractivity contribution is 5.69. The van der Waals surface area contributed by atoms with Crippen molar-refractivity contribution in [3.63, 3.8) is 0 Å². The van der Waals surface area contributed by atoms with Crippen LogP contribution in [-0.2, 0) is 9.53 Å². The summed E-state index contributed by atoms with van der Waals surface area (Å²) >= 11 is 0. The van der Waals surface area contributed by atoms with Crippen LogP contribution in [0.4, 0.5) is 0 Å². The molecule has 0 aliphatic heterocycles. The molecule has 0 bridgehead atoms. The molecule has 0 radical (unpaired) electrons. The standard InChI is InChI=1S/C17H37N2O2/c1-9-16(20)21-15(12-18(7)10-2)13-19(8,11-3)14-17(4,5)6/h15H,9-14H2,1-8H3/q+1. The zero-order valence-corrected chi connectivity index (χ0v) is 15.5. The summed E-state index contributed by atoms with van der Waals surface area (Å²) in [6.07, 6.45) is 0.413. The number of hydrogen-bond donors (Lipinski definition) is 0. The Morgan fingerprint density at radius 2 is 1.81 bits per heavy atom. The molecule has 4 nitrogen and oxygen atoms in total. The number of nitrogens with zero attached hydrogens (tertiary/aromatic N) is 2.